The summed E-state index contributed by atoms with van der Waals surface area (Å²) in [5.41, 5.74) is 1.92. The predicted octanol–water partition coefficient (Wildman–Crippen LogP) is 4.71. The standard InChI is InChI=1S/C15H18ClN3OS/c1-9-7-8-11(16)13-12(9)18-15(21-13)19-14(20)17-10-5-3-2-4-6-10/h7-8,10H,2-6H2,1H3,(H2,17,18,19,20). The third kappa shape index (κ3) is 3.30. The maximum atomic E-state index is 12.0. The molecule has 2 N–H and O–H groups in total. The summed E-state index contributed by atoms with van der Waals surface area (Å²) in [7, 11) is 0. The molecule has 1 aliphatic carbocycles. The number of rotatable bonds is 2. The van der Waals surface area contributed by atoms with Crippen LogP contribution in [0.3, 0.4) is 0 Å². The molecule has 0 atom stereocenters. The molecular formula is C15H18ClN3OS. The summed E-state index contributed by atoms with van der Waals surface area (Å²) in [6.07, 6.45) is 5.80. The summed E-state index contributed by atoms with van der Waals surface area (Å²) >= 11 is 7.59. The molecule has 1 fully saturated rings. The fourth-order valence-corrected chi connectivity index (χ4v) is 3.93. The molecule has 4 nitrogen and oxygen atoms in total. The first-order chi connectivity index (χ1) is 10.1. The van der Waals surface area contributed by atoms with E-state index in [4.69, 9.17) is 11.6 Å². The van der Waals surface area contributed by atoms with Gasteiger partial charge in [0.05, 0.1) is 15.2 Å². The Morgan fingerprint density at radius 3 is 2.81 bits per heavy atom. The zero-order valence-electron chi connectivity index (χ0n) is 11.9. The van der Waals surface area contributed by atoms with Crippen LogP contribution in [0.4, 0.5) is 9.93 Å². The van der Waals surface area contributed by atoms with Crippen LogP contribution in [0.15, 0.2) is 12.1 Å². The Kier molecular flexibility index (Phi) is 4.31. The number of thiazole rings is 1. The first-order valence-electron chi connectivity index (χ1n) is 7.26. The highest BCUT2D eigenvalue weighted by atomic mass is 35.5. The van der Waals surface area contributed by atoms with Crippen molar-refractivity contribution in [1.29, 1.82) is 0 Å². The van der Waals surface area contributed by atoms with E-state index in [0.29, 0.717) is 16.2 Å². The van der Waals surface area contributed by atoms with Gasteiger partial charge in [0.1, 0.15) is 0 Å². The van der Waals surface area contributed by atoms with Crippen molar-refractivity contribution < 1.29 is 4.79 Å². The molecule has 0 spiro atoms. The van der Waals surface area contributed by atoms with Gasteiger partial charge in [-0.25, -0.2) is 9.78 Å². The molecule has 1 aromatic carbocycles. The molecule has 3 rings (SSSR count). The number of aryl methyl sites for hydroxylation is 1. The zero-order valence-corrected chi connectivity index (χ0v) is 13.5. The molecule has 6 heteroatoms. The maximum Gasteiger partial charge on any atom is 0.321 e. The number of amides is 2. The Morgan fingerprint density at radius 1 is 1.33 bits per heavy atom. The van der Waals surface area contributed by atoms with Gasteiger partial charge >= 0.3 is 6.03 Å². The van der Waals surface area contributed by atoms with Crippen molar-refractivity contribution in [2.75, 3.05) is 5.32 Å². The third-order valence-electron chi connectivity index (χ3n) is 3.86. The number of aromatic nitrogens is 1. The van der Waals surface area contributed by atoms with Gasteiger partial charge in [0, 0.05) is 6.04 Å². The van der Waals surface area contributed by atoms with Gasteiger partial charge in [-0.1, -0.05) is 48.3 Å². The van der Waals surface area contributed by atoms with E-state index in [0.717, 1.165) is 28.6 Å². The molecule has 1 saturated carbocycles. The summed E-state index contributed by atoms with van der Waals surface area (Å²) < 4.78 is 0.921. The van der Waals surface area contributed by atoms with Crippen molar-refractivity contribution in [2.45, 2.75) is 45.1 Å². The molecule has 0 aliphatic heterocycles. The topological polar surface area (TPSA) is 54.0 Å². The van der Waals surface area contributed by atoms with Crippen LogP contribution in [0.2, 0.25) is 5.02 Å². The lowest BCUT2D eigenvalue weighted by molar-refractivity contribution is 0.244. The third-order valence-corrected chi connectivity index (χ3v) is 5.29. The molecule has 1 aliphatic rings. The maximum absolute atomic E-state index is 12.0. The predicted molar refractivity (Wildman–Crippen MR) is 88.4 cm³/mol. The Bertz CT molecular complexity index is 625. The van der Waals surface area contributed by atoms with Crippen molar-refractivity contribution >= 4 is 44.3 Å². The monoisotopic (exact) mass is 323 g/mol. The van der Waals surface area contributed by atoms with E-state index in [-0.39, 0.29) is 6.03 Å². The van der Waals surface area contributed by atoms with Crippen LogP contribution in [-0.2, 0) is 0 Å². The number of fused-ring (bicyclic) bond motifs is 1. The molecule has 2 amide bonds. The van der Waals surface area contributed by atoms with Crippen LogP contribution >= 0.6 is 22.9 Å². The smallest absolute Gasteiger partial charge is 0.321 e. The SMILES string of the molecule is Cc1ccc(Cl)c2sc(NC(=O)NC3CCCCC3)nc12. The number of carbonyl (C=O) groups is 1. The number of carbonyl (C=O) groups excluding carboxylic acids is 1. The largest absolute Gasteiger partial charge is 0.335 e. The van der Waals surface area contributed by atoms with Gasteiger partial charge in [0.2, 0.25) is 0 Å². The van der Waals surface area contributed by atoms with Gasteiger partial charge in [-0.3, -0.25) is 5.32 Å². The van der Waals surface area contributed by atoms with Gasteiger partial charge in [-0.05, 0) is 31.4 Å². The molecule has 0 unspecified atom stereocenters. The lowest BCUT2D eigenvalue weighted by atomic mass is 9.96. The summed E-state index contributed by atoms with van der Waals surface area (Å²) in [4.78, 5) is 16.5. The fraction of sp³-hybridized carbons (Fsp3) is 0.467. The highest BCUT2D eigenvalue weighted by Gasteiger charge is 2.17. The Hall–Kier alpha value is -1.33. The summed E-state index contributed by atoms with van der Waals surface area (Å²) in [5, 5.41) is 7.12. The van der Waals surface area contributed by atoms with Crippen LogP contribution in [0.25, 0.3) is 10.2 Å². The van der Waals surface area contributed by atoms with Crippen molar-refractivity contribution in [3.8, 4) is 0 Å². The lowest BCUT2D eigenvalue weighted by Gasteiger charge is -2.22. The normalized spacial score (nSPS) is 16.1. The zero-order chi connectivity index (χ0) is 14.8. The fourth-order valence-electron chi connectivity index (χ4n) is 2.72. The molecule has 1 aromatic heterocycles. The molecule has 1 heterocycles. The Labute approximate surface area is 132 Å². The first kappa shape index (κ1) is 14.6. The number of halogens is 1. The highest BCUT2D eigenvalue weighted by molar-refractivity contribution is 7.23. The van der Waals surface area contributed by atoms with Gasteiger partial charge in [0.15, 0.2) is 5.13 Å². The van der Waals surface area contributed by atoms with Crippen molar-refractivity contribution in [3.05, 3.63) is 22.7 Å². The number of nitrogens with one attached hydrogen (secondary N) is 2. The number of hydrogen-bond acceptors (Lipinski definition) is 3. The molecule has 0 radical (unpaired) electrons. The van der Waals surface area contributed by atoms with Crippen LogP contribution in [0, 0.1) is 6.92 Å². The number of hydrogen-bond donors (Lipinski definition) is 2. The van der Waals surface area contributed by atoms with E-state index >= 15 is 0 Å². The van der Waals surface area contributed by atoms with Gasteiger partial charge in [-0.2, -0.15) is 0 Å². The summed E-state index contributed by atoms with van der Waals surface area (Å²) in [5.74, 6) is 0. The van der Waals surface area contributed by atoms with Gasteiger partial charge < -0.3 is 5.32 Å². The highest BCUT2D eigenvalue weighted by Crippen LogP contribution is 2.33. The summed E-state index contributed by atoms with van der Waals surface area (Å²) in [6, 6.07) is 3.92. The van der Waals surface area contributed by atoms with Crippen molar-refractivity contribution in [1.82, 2.24) is 10.3 Å². The molecule has 21 heavy (non-hydrogen) atoms. The van der Waals surface area contributed by atoms with Crippen LogP contribution < -0.4 is 10.6 Å². The second-order valence-electron chi connectivity index (χ2n) is 5.49. The quantitative estimate of drug-likeness (QED) is 0.840. The van der Waals surface area contributed by atoms with E-state index in [1.165, 1.54) is 30.6 Å². The van der Waals surface area contributed by atoms with Crippen molar-refractivity contribution in [2.24, 2.45) is 0 Å². The van der Waals surface area contributed by atoms with E-state index in [1.54, 1.807) is 0 Å². The van der Waals surface area contributed by atoms with E-state index in [1.807, 2.05) is 19.1 Å². The molecule has 112 valence electrons. The number of nitrogens with zero attached hydrogens (tertiary/aromatic N) is 1. The second-order valence-corrected chi connectivity index (χ2v) is 6.90. The first-order valence-corrected chi connectivity index (χ1v) is 8.46. The average molecular weight is 324 g/mol. The number of anilines is 1. The van der Waals surface area contributed by atoms with E-state index in [2.05, 4.69) is 15.6 Å². The van der Waals surface area contributed by atoms with Crippen LogP contribution in [-0.4, -0.2) is 17.1 Å². The number of urea groups is 1. The Balaban J connectivity index is 1.71. The minimum Gasteiger partial charge on any atom is -0.335 e. The number of benzene rings is 1. The molecule has 2 aromatic rings. The lowest BCUT2D eigenvalue weighted by Crippen LogP contribution is -2.38. The van der Waals surface area contributed by atoms with Gasteiger partial charge in [0.25, 0.3) is 0 Å². The molecule has 0 saturated heterocycles. The molecular weight excluding hydrogens is 306 g/mol. The van der Waals surface area contributed by atoms with Gasteiger partial charge in [-0.15, -0.1) is 0 Å². The Morgan fingerprint density at radius 2 is 2.10 bits per heavy atom. The van der Waals surface area contributed by atoms with Crippen LogP contribution in [0.5, 0.6) is 0 Å². The van der Waals surface area contributed by atoms with E-state index < -0.39 is 0 Å². The minimum atomic E-state index is -0.172. The summed E-state index contributed by atoms with van der Waals surface area (Å²) in [6.45, 7) is 1.99. The van der Waals surface area contributed by atoms with Crippen LogP contribution in [0.1, 0.15) is 37.7 Å². The van der Waals surface area contributed by atoms with E-state index in [9.17, 15) is 4.79 Å². The minimum absolute atomic E-state index is 0.172. The van der Waals surface area contributed by atoms with Crippen molar-refractivity contribution in [3.63, 3.8) is 0 Å². The second kappa shape index (κ2) is 6.20. The average Bonchev–Trinajstić information content (AvgIpc) is 2.89. The molecule has 0 bridgehead atoms.